The van der Waals surface area contributed by atoms with E-state index in [2.05, 4.69) is 33.5 Å². The van der Waals surface area contributed by atoms with Crippen LogP contribution < -0.4 is 15.8 Å². The molecule has 3 aromatic heterocycles. The average Bonchev–Trinajstić information content (AvgIpc) is 3.61. The number of amides is 1. The summed E-state index contributed by atoms with van der Waals surface area (Å²) in [5.41, 5.74) is 10.3. The van der Waals surface area contributed by atoms with E-state index in [0.29, 0.717) is 23.1 Å². The van der Waals surface area contributed by atoms with Crippen molar-refractivity contribution in [3.63, 3.8) is 0 Å². The van der Waals surface area contributed by atoms with Gasteiger partial charge in [-0.15, -0.1) is 0 Å². The van der Waals surface area contributed by atoms with Crippen molar-refractivity contribution in [1.82, 2.24) is 14.5 Å². The highest BCUT2D eigenvalue weighted by Crippen LogP contribution is 2.29. The third-order valence-corrected chi connectivity index (χ3v) is 6.27. The summed E-state index contributed by atoms with van der Waals surface area (Å²) in [6, 6.07) is 28.6. The number of nitrogens with zero attached hydrogens (tertiary/aromatic N) is 3. The van der Waals surface area contributed by atoms with Crippen LogP contribution in [0.4, 0.5) is 11.5 Å². The van der Waals surface area contributed by atoms with Gasteiger partial charge in [-0.05, 0) is 71.8 Å². The monoisotopic (exact) mass is 501 g/mol. The predicted octanol–water partition coefficient (Wildman–Crippen LogP) is 6.19. The van der Waals surface area contributed by atoms with Crippen LogP contribution in [0.5, 0.6) is 5.75 Å². The Kier molecular flexibility index (Phi) is 5.82. The van der Waals surface area contributed by atoms with Crippen molar-refractivity contribution < 1.29 is 13.9 Å². The number of benzene rings is 3. The Balaban J connectivity index is 1.24. The quantitative estimate of drug-likeness (QED) is 0.282. The minimum absolute atomic E-state index is 0.226. The zero-order valence-electron chi connectivity index (χ0n) is 20.5. The molecule has 8 heteroatoms. The molecular formula is C30H23N5O3. The molecule has 0 saturated carbocycles. The number of fused-ring (bicyclic) bond motifs is 1. The summed E-state index contributed by atoms with van der Waals surface area (Å²) in [5, 5.41) is 4.01. The Morgan fingerprint density at radius 1 is 0.895 bits per heavy atom. The van der Waals surface area contributed by atoms with E-state index < -0.39 is 0 Å². The van der Waals surface area contributed by atoms with Gasteiger partial charge in [-0.1, -0.05) is 24.3 Å². The summed E-state index contributed by atoms with van der Waals surface area (Å²) in [6.07, 6.45) is 3.40. The van der Waals surface area contributed by atoms with E-state index in [9.17, 15) is 4.79 Å². The highest BCUT2D eigenvalue weighted by atomic mass is 16.5. The Hall–Kier alpha value is -5.37. The number of hydrogen-bond acceptors (Lipinski definition) is 6. The van der Waals surface area contributed by atoms with Gasteiger partial charge in [0.25, 0.3) is 5.91 Å². The lowest BCUT2D eigenvalue weighted by Crippen LogP contribution is -2.10. The Morgan fingerprint density at radius 2 is 1.71 bits per heavy atom. The van der Waals surface area contributed by atoms with Gasteiger partial charge in [-0.25, -0.2) is 9.97 Å². The van der Waals surface area contributed by atoms with E-state index >= 15 is 0 Å². The van der Waals surface area contributed by atoms with Crippen LogP contribution in [0.3, 0.4) is 0 Å². The summed E-state index contributed by atoms with van der Waals surface area (Å²) in [5.74, 6) is 2.36. The Bertz CT molecular complexity index is 1770. The number of anilines is 2. The Morgan fingerprint density at radius 3 is 2.53 bits per heavy atom. The maximum Gasteiger partial charge on any atom is 0.291 e. The van der Waals surface area contributed by atoms with E-state index in [0.717, 1.165) is 33.3 Å². The normalized spacial score (nSPS) is 11.0. The smallest absolute Gasteiger partial charge is 0.291 e. The summed E-state index contributed by atoms with van der Waals surface area (Å²) >= 11 is 0. The van der Waals surface area contributed by atoms with Crippen LogP contribution in [0.1, 0.15) is 10.6 Å². The van der Waals surface area contributed by atoms with Crippen molar-refractivity contribution in [2.24, 2.45) is 0 Å². The van der Waals surface area contributed by atoms with Crippen molar-refractivity contribution in [1.29, 1.82) is 0 Å². The summed E-state index contributed by atoms with van der Waals surface area (Å²) in [7, 11) is 1.62. The van der Waals surface area contributed by atoms with Gasteiger partial charge in [-0.3, -0.25) is 4.79 Å². The lowest BCUT2D eigenvalue weighted by atomic mass is 10.0. The number of hydrogen-bond donors (Lipinski definition) is 2. The maximum absolute atomic E-state index is 12.9. The lowest BCUT2D eigenvalue weighted by Gasteiger charge is -2.09. The molecule has 0 bridgehead atoms. The van der Waals surface area contributed by atoms with E-state index in [1.54, 1.807) is 25.3 Å². The highest BCUT2D eigenvalue weighted by molar-refractivity contribution is 6.03. The first-order valence-corrected chi connectivity index (χ1v) is 11.9. The second kappa shape index (κ2) is 9.59. The molecule has 3 aromatic carbocycles. The standard InChI is InChI=1S/C30H23N5O3/c1-37-24-9-7-20(8-10-24)26-11-12-27(38-26)30(36)34-23-4-2-3-21(15-23)22-6-5-19-13-14-35(25(19)16-22)29-17-28(31)32-18-33-29/h2-18H,1H3,(H,34,36)(H2,31,32,33). The highest BCUT2D eigenvalue weighted by Gasteiger charge is 2.14. The third-order valence-electron chi connectivity index (χ3n) is 6.27. The van der Waals surface area contributed by atoms with Crippen molar-refractivity contribution in [2.45, 2.75) is 0 Å². The van der Waals surface area contributed by atoms with Crippen LogP contribution in [-0.4, -0.2) is 27.6 Å². The molecule has 186 valence electrons. The number of nitrogens with one attached hydrogen (secondary N) is 1. The number of nitrogens with two attached hydrogens (primary N) is 1. The number of aromatic nitrogens is 3. The first kappa shape index (κ1) is 23.1. The molecule has 0 aliphatic carbocycles. The summed E-state index contributed by atoms with van der Waals surface area (Å²) in [6.45, 7) is 0. The first-order valence-electron chi connectivity index (χ1n) is 11.9. The molecule has 0 radical (unpaired) electrons. The van der Waals surface area contributed by atoms with Crippen LogP contribution in [0.2, 0.25) is 0 Å². The van der Waals surface area contributed by atoms with Crippen molar-refractivity contribution in [3.05, 3.63) is 109 Å². The largest absolute Gasteiger partial charge is 0.497 e. The van der Waals surface area contributed by atoms with Gasteiger partial charge in [0.1, 0.15) is 29.5 Å². The first-order chi connectivity index (χ1) is 18.6. The molecule has 0 saturated heterocycles. The fourth-order valence-electron chi connectivity index (χ4n) is 4.34. The number of ether oxygens (including phenoxy) is 1. The number of methoxy groups -OCH3 is 1. The van der Waals surface area contributed by atoms with Crippen LogP contribution in [0.15, 0.2) is 108 Å². The molecule has 0 aliphatic rings. The molecule has 6 aromatic rings. The van der Waals surface area contributed by atoms with E-state index in [1.165, 1.54) is 6.33 Å². The molecule has 3 N–H and O–H groups in total. The molecule has 0 fully saturated rings. The van der Waals surface area contributed by atoms with Crippen molar-refractivity contribution in [3.8, 4) is 34.0 Å². The van der Waals surface area contributed by atoms with Crippen LogP contribution in [-0.2, 0) is 0 Å². The molecule has 38 heavy (non-hydrogen) atoms. The van der Waals surface area contributed by atoms with E-state index in [-0.39, 0.29) is 11.7 Å². The van der Waals surface area contributed by atoms with Gasteiger partial charge < -0.3 is 24.8 Å². The summed E-state index contributed by atoms with van der Waals surface area (Å²) in [4.78, 5) is 21.3. The van der Waals surface area contributed by atoms with Gasteiger partial charge in [0.15, 0.2) is 5.76 Å². The van der Waals surface area contributed by atoms with Gasteiger partial charge in [0.2, 0.25) is 0 Å². The van der Waals surface area contributed by atoms with Crippen molar-refractivity contribution >= 4 is 28.3 Å². The predicted molar refractivity (Wildman–Crippen MR) is 147 cm³/mol. The molecule has 0 atom stereocenters. The molecule has 8 nitrogen and oxygen atoms in total. The second-order valence-electron chi connectivity index (χ2n) is 8.69. The molecule has 3 heterocycles. The molecule has 0 aliphatic heterocycles. The second-order valence-corrected chi connectivity index (χ2v) is 8.69. The minimum Gasteiger partial charge on any atom is -0.497 e. The molecule has 0 unspecified atom stereocenters. The zero-order chi connectivity index (χ0) is 26.1. The summed E-state index contributed by atoms with van der Waals surface area (Å²) < 4.78 is 13.0. The zero-order valence-corrected chi connectivity index (χ0v) is 20.5. The number of rotatable bonds is 6. The number of carbonyl (C=O) groups is 1. The number of furan rings is 1. The average molecular weight is 502 g/mol. The van der Waals surface area contributed by atoms with Gasteiger partial charge >= 0.3 is 0 Å². The number of nitrogen functional groups attached to an aromatic ring is 1. The molecular weight excluding hydrogens is 478 g/mol. The third kappa shape index (κ3) is 4.46. The van der Waals surface area contributed by atoms with Gasteiger partial charge in [-0.2, -0.15) is 0 Å². The van der Waals surface area contributed by atoms with Crippen LogP contribution >= 0.6 is 0 Å². The topological polar surface area (TPSA) is 108 Å². The molecule has 1 amide bonds. The lowest BCUT2D eigenvalue weighted by molar-refractivity contribution is 0.0997. The molecule has 0 spiro atoms. The maximum atomic E-state index is 12.9. The number of carbonyl (C=O) groups excluding carboxylic acids is 1. The van der Waals surface area contributed by atoms with Gasteiger partial charge in [0.05, 0.1) is 12.6 Å². The SMILES string of the molecule is COc1ccc(-c2ccc(C(=O)Nc3cccc(-c4ccc5ccn(-c6cc(N)ncn6)c5c4)c3)o2)cc1. The Labute approximate surface area is 218 Å². The van der Waals surface area contributed by atoms with E-state index in [1.807, 2.05) is 65.4 Å². The fourth-order valence-corrected chi connectivity index (χ4v) is 4.34. The van der Waals surface area contributed by atoms with E-state index in [4.69, 9.17) is 14.9 Å². The minimum atomic E-state index is -0.326. The van der Waals surface area contributed by atoms with Crippen molar-refractivity contribution in [2.75, 3.05) is 18.2 Å². The molecule has 6 rings (SSSR count). The fraction of sp³-hybridized carbons (Fsp3) is 0.0333. The van der Waals surface area contributed by atoms with Gasteiger partial charge in [0, 0.05) is 28.9 Å². The van der Waals surface area contributed by atoms with Crippen LogP contribution in [0.25, 0.3) is 39.2 Å². The van der Waals surface area contributed by atoms with Crippen LogP contribution in [0, 0.1) is 0 Å².